The second-order valence-corrected chi connectivity index (χ2v) is 7.18. The lowest BCUT2D eigenvalue weighted by Crippen LogP contribution is -2.33. The van der Waals surface area contributed by atoms with E-state index in [1.165, 1.54) is 0 Å². The molecule has 4 rings (SSSR count). The molecule has 2 aromatic heterocycles. The molecule has 0 aliphatic heterocycles. The zero-order valence-corrected chi connectivity index (χ0v) is 17.7. The molecular weight excluding hydrogens is 408 g/mol. The Kier molecular flexibility index (Phi) is 6.94. The van der Waals surface area contributed by atoms with E-state index in [-0.39, 0.29) is 12.5 Å². The molecular formula is C24H24N4O4. The van der Waals surface area contributed by atoms with E-state index in [0.29, 0.717) is 35.5 Å². The minimum Gasteiger partial charge on any atom is -0.459 e. The average Bonchev–Trinajstić information content (AvgIpc) is 3.48. The molecule has 0 saturated carbocycles. The number of furan rings is 1. The van der Waals surface area contributed by atoms with Crippen LogP contribution in [0.25, 0.3) is 11.7 Å². The fourth-order valence-corrected chi connectivity index (χ4v) is 3.17. The maximum atomic E-state index is 12.6. The standard InChI is InChI=1S/C24H24N4O4/c1-2-14-28(17-23-26-27-24(32-23)21-9-6-15-30-21)16-22(29)25-18-10-12-20(13-11-18)31-19-7-4-3-5-8-19/h3-13,15H,2,14,16-17H2,1H3,(H,25,29). The number of aromatic nitrogens is 2. The van der Waals surface area contributed by atoms with E-state index in [1.807, 2.05) is 59.5 Å². The van der Waals surface area contributed by atoms with Crippen molar-refractivity contribution in [2.75, 3.05) is 18.4 Å². The molecule has 8 heteroatoms. The minimum absolute atomic E-state index is 0.124. The Morgan fingerprint density at radius 3 is 2.50 bits per heavy atom. The molecule has 0 radical (unpaired) electrons. The Labute approximate surface area is 185 Å². The van der Waals surface area contributed by atoms with Crippen molar-refractivity contribution in [3.8, 4) is 23.1 Å². The van der Waals surface area contributed by atoms with Gasteiger partial charge in [0.2, 0.25) is 11.8 Å². The number of nitrogens with zero attached hydrogens (tertiary/aromatic N) is 3. The second kappa shape index (κ2) is 10.4. The number of rotatable bonds is 10. The van der Waals surface area contributed by atoms with Crippen LogP contribution in [0, 0.1) is 0 Å². The highest BCUT2D eigenvalue weighted by molar-refractivity contribution is 5.92. The highest BCUT2D eigenvalue weighted by Crippen LogP contribution is 2.23. The van der Waals surface area contributed by atoms with Gasteiger partial charge in [-0.05, 0) is 61.5 Å². The van der Waals surface area contributed by atoms with Crippen LogP contribution in [0.2, 0.25) is 0 Å². The number of hydrogen-bond acceptors (Lipinski definition) is 7. The molecule has 0 spiro atoms. The molecule has 8 nitrogen and oxygen atoms in total. The summed E-state index contributed by atoms with van der Waals surface area (Å²) in [6.45, 7) is 3.35. The first-order valence-electron chi connectivity index (χ1n) is 10.4. The fraction of sp³-hybridized carbons (Fsp3) is 0.208. The summed E-state index contributed by atoms with van der Waals surface area (Å²) < 4.78 is 16.7. The van der Waals surface area contributed by atoms with Gasteiger partial charge in [-0.2, -0.15) is 0 Å². The molecule has 164 valence electrons. The number of nitrogens with one attached hydrogen (secondary N) is 1. The first-order chi connectivity index (χ1) is 15.7. The number of ether oxygens (including phenoxy) is 1. The topological polar surface area (TPSA) is 93.6 Å². The molecule has 0 saturated heterocycles. The molecule has 0 fully saturated rings. The summed E-state index contributed by atoms with van der Waals surface area (Å²) in [4.78, 5) is 14.6. The summed E-state index contributed by atoms with van der Waals surface area (Å²) in [5.74, 6) is 2.61. The van der Waals surface area contributed by atoms with Crippen molar-refractivity contribution in [2.24, 2.45) is 0 Å². The lowest BCUT2D eigenvalue weighted by Gasteiger charge is -2.19. The molecule has 1 amide bonds. The molecule has 1 N–H and O–H groups in total. The number of hydrogen-bond donors (Lipinski definition) is 1. The predicted octanol–water partition coefficient (Wildman–Crippen LogP) is 4.97. The van der Waals surface area contributed by atoms with Crippen molar-refractivity contribution >= 4 is 11.6 Å². The van der Waals surface area contributed by atoms with Gasteiger partial charge in [-0.25, -0.2) is 0 Å². The van der Waals surface area contributed by atoms with Gasteiger partial charge >= 0.3 is 0 Å². The van der Waals surface area contributed by atoms with Gasteiger partial charge in [0, 0.05) is 5.69 Å². The maximum Gasteiger partial charge on any atom is 0.283 e. The summed E-state index contributed by atoms with van der Waals surface area (Å²) in [6, 6.07) is 20.3. The number of anilines is 1. The third kappa shape index (κ3) is 5.83. The molecule has 0 aliphatic rings. The van der Waals surface area contributed by atoms with E-state index in [0.717, 1.165) is 18.7 Å². The lowest BCUT2D eigenvalue weighted by molar-refractivity contribution is -0.117. The lowest BCUT2D eigenvalue weighted by atomic mass is 10.3. The Balaban J connectivity index is 1.32. The van der Waals surface area contributed by atoms with Crippen LogP contribution < -0.4 is 10.1 Å². The van der Waals surface area contributed by atoms with Crippen LogP contribution in [0.4, 0.5) is 5.69 Å². The van der Waals surface area contributed by atoms with Gasteiger partial charge in [0.05, 0.1) is 19.4 Å². The molecule has 2 heterocycles. The summed E-state index contributed by atoms with van der Waals surface area (Å²) in [5.41, 5.74) is 0.699. The van der Waals surface area contributed by atoms with Crippen LogP contribution >= 0.6 is 0 Å². The monoisotopic (exact) mass is 432 g/mol. The highest BCUT2D eigenvalue weighted by atomic mass is 16.5. The van der Waals surface area contributed by atoms with E-state index < -0.39 is 0 Å². The van der Waals surface area contributed by atoms with Gasteiger partial charge in [0.15, 0.2) is 5.76 Å². The molecule has 0 unspecified atom stereocenters. The Morgan fingerprint density at radius 1 is 1.00 bits per heavy atom. The van der Waals surface area contributed by atoms with E-state index in [1.54, 1.807) is 18.4 Å². The van der Waals surface area contributed by atoms with Crippen LogP contribution in [0.15, 0.2) is 81.8 Å². The molecule has 0 aliphatic carbocycles. The zero-order valence-electron chi connectivity index (χ0n) is 17.7. The maximum absolute atomic E-state index is 12.6. The van der Waals surface area contributed by atoms with Gasteiger partial charge < -0.3 is 18.9 Å². The van der Waals surface area contributed by atoms with Crippen LogP contribution in [0.5, 0.6) is 11.5 Å². The average molecular weight is 432 g/mol. The summed E-state index contributed by atoms with van der Waals surface area (Å²) in [7, 11) is 0. The quantitative estimate of drug-likeness (QED) is 0.378. The normalized spacial score (nSPS) is 10.9. The number of benzene rings is 2. The molecule has 4 aromatic rings. The van der Waals surface area contributed by atoms with Crippen molar-refractivity contribution in [3.63, 3.8) is 0 Å². The van der Waals surface area contributed by atoms with E-state index in [4.69, 9.17) is 13.6 Å². The third-order valence-corrected chi connectivity index (χ3v) is 4.58. The molecule has 0 atom stereocenters. The Hall–Kier alpha value is -3.91. The van der Waals surface area contributed by atoms with Crippen molar-refractivity contribution in [1.29, 1.82) is 0 Å². The van der Waals surface area contributed by atoms with Crippen molar-refractivity contribution in [2.45, 2.75) is 19.9 Å². The second-order valence-electron chi connectivity index (χ2n) is 7.18. The number of carbonyl (C=O) groups is 1. The van der Waals surface area contributed by atoms with Gasteiger partial charge in [0.1, 0.15) is 11.5 Å². The Morgan fingerprint density at radius 2 is 1.78 bits per heavy atom. The third-order valence-electron chi connectivity index (χ3n) is 4.58. The van der Waals surface area contributed by atoms with Crippen molar-refractivity contribution in [1.82, 2.24) is 15.1 Å². The van der Waals surface area contributed by atoms with E-state index in [2.05, 4.69) is 22.4 Å². The first-order valence-corrected chi connectivity index (χ1v) is 10.4. The minimum atomic E-state index is -0.124. The Bertz CT molecular complexity index is 1110. The fourth-order valence-electron chi connectivity index (χ4n) is 3.17. The zero-order chi connectivity index (χ0) is 22.2. The SMILES string of the molecule is CCCN(CC(=O)Nc1ccc(Oc2ccccc2)cc1)Cc1nnc(-c2ccco2)o1. The van der Waals surface area contributed by atoms with E-state index in [9.17, 15) is 4.79 Å². The molecule has 0 bridgehead atoms. The smallest absolute Gasteiger partial charge is 0.283 e. The number of para-hydroxylation sites is 1. The molecule has 32 heavy (non-hydrogen) atoms. The number of amides is 1. The van der Waals surface area contributed by atoms with Gasteiger partial charge in [0.25, 0.3) is 5.89 Å². The summed E-state index contributed by atoms with van der Waals surface area (Å²) in [5, 5.41) is 11.0. The van der Waals surface area contributed by atoms with Gasteiger partial charge in [-0.3, -0.25) is 9.69 Å². The van der Waals surface area contributed by atoms with Crippen LogP contribution in [0.3, 0.4) is 0 Å². The van der Waals surface area contributed by atoms with Crippen LogP contribution in [-0.4, -0.2) is 34.1 Å². The largest absolute Gasteiger partial charge is 0.459 e. The first kappa shape index (κ1) is 21.3. The predicted molar refractivity (Wildman–Crippen MR) is 119 cm³/mol. The highest BCUT2D eigenvalue weighted by Gasteiger charge is 2.16. The summed E-state index contributed by atoms with van der Waals surface area (Å²) >= 11 is 0. The summed E-state index contributed by atoms with van der Waals surface area (Å²) in [6.07, 6.45) is 2.44. The van der Waals surface area contributed by atoms with Crippen LogP contribution in [-0.2, 0) is 11.3 Å². The van der Waals surface area contributed by atoms with Crippen LogP contribution in [0.1, 0.15) is 19.2 Å². The van der Waals surface area contributed by atoms with Gasteiger partial charge in [-0.1, -0.05) is 25.1 Å². The van der Waals surface area contributed by atoms with Crippen molar-refractivity contribution < 1.29 is 18.4 Å². The van der Waals surface area contributed by atoms with Crippen molar-refractivity contribution in [3.05, 3.63) is 78.9 Å². The number of carbonyl (C=O) groups excluding carboxylic acids is 1. The molecule has 2 aromatic carbocycles. The van der Waals surface area contributed by atoms with Gasteiger partial charge in [-0.15, -0.1) is 10.2 Å². The van der Waals surface area contributed by atoms with E-state index >= 15 is 0 Å².